The van der Waals surface area contributed by atoms with Gasteiger partial charge >= 0.3 is 0 Å². The lowest BCUT2D eigenvalue weighted by atomic mass is 10.2. The predicted octanol–water partition coefficient (Wildman–Crippen LogP) is 4.59. The van der Waals surface area contributed by atoms with Crippen LogP contribution in [0.15, 0.2) is 51.8 Å². The number of phenolic OH excluding ortho intramolecular Hbond substituents is 1. The second-order valence-electron chi connectivity index (χ2n) is 3.49. The van der Waals surface area contributed by atoms with Crippen molar-refractivity contribution in [2.75, 3.05) is 0 Å². The minimum atomic E-state index is -0.256. The number of halogens is 2. The number of thioether (sulfide) groups is 1. The van der Waals surface area contributed by atoms with Gasteiger partial charge in [-0.05, 0) is 29.8 Å². The maximum atomic E-state index is 12.9. The van der Waals surface area contributed by atoms with Crippen LogP contribution in [0.4, 0.5) is 4.39 Å². The first-order valence-corrected chi connectivity index (χ1v) is 6.79. The van der Waals surface area contributed by atoms with E-state index in [9.17, 15) is 9.50 Å². The van der Waals surface area contributed by atoms with Crippen molar-refractivity contribution in [2.24, 2.45) is 0 Å². The number of phenols is 1. The van der Waals surface area contributed by atoms with Gasteiger partial charge in [-0.15, -0.1) is 11.8 Å². The molecule has 0 bridgehead atoms. The van der Waals surface area contributed by atoms with Crippen LogP contribution in [0.25, 0.3) is 0 Å². The van der Waals surface area contributed by atoms with Gasteiger partial charge in [-0.2, -0.15) is 0 Å². The van der Waals surface area contributed by atoms with E-state index in [1.807, 2.05) is 12.1 Å². The zero-order chi connectivity index (χ0) is 12.3. The number of rotatable bonds is 3. The molecule has 1 nitrogen and oxygen atoms in total. The molecule has 0 aliphatic carbocycles. The summed E-state index contributed by atoms with van der Waals surface area (Å²) in [7, 11) is 0. The summed E-state index contributed by atoms with van der Waals surface area (Å²) < 4.78 is 13.6. The fourth-order valence-corrected chi connectivity index (χ4v) is 3.00. The van der Waals surface area contributed by atoms with Gasteiger partial charge in [0.1, 0.15) is 11.6 Å². The third-order valence-corrected chi connectivity index (χ3v) is 4.11. The fraction of sp³-hybridized carbons (Fsp3) is 0.0769. The smallest absolute Gasteiger partial charge is 0.129 e. The number of benzene rings is 2. The standard InChI is InChI=1S/C13H10BrFOS/c14-11-7-10(15)6-5-9(11)8-17-13-4-2-1-3-12(13)16/h1-7,16H,8H2. The highest BCUT2D eigenvalue weighted by Gasteiger charge is 2.04. The summed E-state index contributed by atoms with van der Waals surface area (Å²) in [6.07, 6.45) is 0. The van der Waals surface area contributed by atoms with Crippen LogP contribution >= 0.6 is 27.7 Å². The Balaban J connectivity index is 2.10. The molecular formula is C13H10BrFOS. The molecule has 0 saturated heterocycles. The summed E-state index contributed by atoms with van der Waals surface area (Å²) in [5.41, 5.74) is 1.000. The molecule has 0 saturated carbocycles. The molecule has 0 heterocycles. The van der Waals surface area contributed by atoms with Gasteiger partial charge in [0.2, 0.25) is 0 Å². The van der Waals surface area contributed by atoms with Gasteiger partial charge in [0.15, 0.2) is 0 Å². The fourth-order valence-electron chi connectivity index (χ4n) is 1.37. The van der Waals surface area contributed by atoms with E-state index in [0.717, 1.165) is 14.9 Å². The van der Waals surface area contributed by atoms with Gasteiger partial charge in [-0.1, -0.05) is 34.1 Å². The molecule has 2 aromatic rings. The molecule has 0 aliphatic heterocycles. The minimum Gasteiger partial charge on any atom is -0.507 e. The Labute approximate surface area is 112 Å². The zero-order valence-corrected chi connectivity index (χ0v) is 11.3. The zero-order valence-electron chi connectivity index (χ0n) is 8.86. The van der Waals surface area contributed by atoms with E-state index in [1.165, 1.54) is 23.9 Å². The SMILES string of the molecule is Oc1ccccc1SCc1ccc(F)cc1Br. The van der Waals surface area contributed by atoms with E-state index < -0.39 is 0 Å². The van der Waals surface area contributed by atoms with Crippen molar-refractivity contribution in [2.45, 2.75) is 10.6 Å². The first-order chi connectivity index (χ1) is 8.16. The van der Waals surface area contributed by atoms with Crippen LogP contribution < -0.4 is 0 Å². The van der Waals surface area contributed by atoms with Crippen molar-refractivity contribution < 1.29 is 9.50 Å². The van der Waals surface area contributed by atoms with Gasteiger partial charge < -0.3 is 5.11 Å². The summed E-state index contributed by atoms with van der Waals surface area (Å²) in [5, 5.41) is 9.61. The van der Waals surface area contributed by atoms with E-state index in [1.54, 1.807) is 18.2 Å². The number of para-hydroxylation sites is 1. The number of hydrogen-bond acceptors (Lipinski definition) is 2. The lowest BCUT2D eigenvalue weighted by Crippen LogP contribution is -1.85. The summed E-state index contributed by atoms with van der Waals surface area (Å²) in [4.78, 5) is 0.823. The monoisotopic (exact) mass is 312 g/mol. The molecule has 0 fully saturated rings. The molecular weight excluding hydrogens is 303 g/mol. The van der Waals surface area contributed by atoms with Crippen LogP contribution in [0, 0.1) is 5.82 Å². The molecule has 2 rings (SSSR count). The van der Waals surface area contributed by atoms with Crippen molar-refractivity contribution in [3.63, 3.8) is 0 Å². The average Bonchev–Trinajstić information content (AvgIpc) is 2.30. The van der Waals surface area contributed by atoms with Crippen molar-refractivity contribution in [3.05, 3.63) is 58.3 Å². The summed E-state index contributed by atoms with van der Waals surface area (Å²) in [5.74, 6) is 0.697. The first kappa shape index (κ1) is 12.5. The van der Waals surface area contributed by atoms with Gasteiger partial charge in [-0.25, -0.2) is 4.39 Å². The van der Waals surface area contributed by atoms with Crippen LogP contribution in [0.1, 0.15) is 5.56 Å². The lowest BCUT2D eigenvalue weighted by Gasteiger charge is -2.06. The third-order valence-electron chi connectivity index (χ3n) is 2.26. The minimum absolute atomic E-state index is 0.256. The maximum Gasteiger partial charge on any atom is 0.129 e. The molecule has 0 aromatic heterocycles. The molecule has 0 spiro atoms. The molecule has 88 valence electrons. The van der Waals surface area contributed by atoms with Crippen LogP contribution in [0.3, 0.4) is 0 Å². The third kappa shape index (κ3) is 3.23. The van der Waals surface area contributed by atoms with E-state index in [-0.39, 0.29) is 11.6 Å². The molecule has 0 atom stereocenters. The van der Waals surface area contributed by atoms with Gasteiger partial charge in [0, 0.05) is 15.1 Å². The highest BCUT2D eigenvalue weighted by atomic mass is 79.9. The first-order valence-electron chi connectivity index (χ1n) is 5.01. The molecule has 0 unspecified atom stereocenters. The Morgan fingerprint density at radius 1 is 1.18 bits per heavy atom. The van der Waals surface area contributed by atoms with Crippen molar-refractivity contribution in [3.8, 4) is 5.75 Å². The summed E-state index contributed by atoms with van der Waals surface area (Å²) in [6, 6.07) is 11.8. The molecule has 0 aliphatic rings. The second kappa shape index (κ2) is 5.56. The molecule has 1 N–H and O–H groups in total. The molecule has 0 radical (unpaired) electrons. The number of hydrogen-bond donors (Lipinski definition) is 1. The van der Waals surface area contributed by atoms with E-state index in [0.29, 0.717) is 5.75 Å². The van der Waals surface area contributed by atoms with Crippen molar-refractivity contribution in [1.82, 2.24) is 0 Å². The van der Waals surface area contributed by atoms with Crippen LogP contribution in [-0.4, -0.2) is 5.11 Å². The Kier molecular flexibility index (Phi) is 4.07. The Hall–Kier alpha value is -1.00. The van der Waals surface area contributed by atoms with Gasteiger partial charge in [0.05, 0.1) is 0 Å². The van der Waals surface area contributed by atoms with E-state index in [4.69, 9.17) is 0 Å². The normalized spacial score (nSPS) is 10.5. The van der Waals surface area contributed by atoms with Crippen molar-refractivity contribution >= 4 is 27.7 Å². The van der Waals surface area contributed by atoms with Crippen LogP contribution in [0.5, 0.6) is 5.75 Å². The lowest BCUT2D eigenvalue weighted by molar-refractivity contribution is 0.462. The van der Waals surface area contributed by atoms with E-state index >= 15 is 0 Å². The van der Waals surface area contributed by atoms with Gasteiger partial charge in [-0.3, -0.25) is 0 Å². The molecule has 17 heavy (non-hydrogen) atoms. The molecule has 4 heteroatoms. The van der Waals surface area contributed by atoms with Gasteiger partial charge in [0.25, 0.3) is 0 Å². The van der Waals surface area contributed by atoms with Crippen LogP contribution in [-0.2, 0) is 5.75 Å². The topological polar surface area (TPSA) is 20.2 Å². The molecule has 0 amide bonds. The van der Waals surface area contributed by atoms with Crippen LogP contribution in [0.2, 0.25) is 0 Å². The average molecular weight is 313 g/mol. The predicted molar refractivity (Wildman–Crippen MR) is 71.8 cm³/mol. The van der Waals surface area contributed by atoms with E-state index in [2.05, 4.69) is 15.9 Å². The highest BCUT2D eigenvalue weighted by molar-refractivity contribution is 9.10. The molecule has 2 aromatic carbocycles. The quantitative estimate of drug-likeness (QED) is 0.837. The second-order valence-corrected chi connectivity index (χ2v) is 5.36. The highest BCUT2D eigenvalue weighted by Crippen LogP contribution is 2.32. The Morgan fingerprint density at radius 2 is 1.94 bits per heavy atom. The summed E-state index contributed by atoms with van der Waals surface area (Å²) in [6.45, 7) is 0. The Morgan fingerprint density at radius 3 is 2.65 bits per heavy atom. The van der Waals surface area contributed by atoms with Crippen molar-refractivity contribution in [1.29, 1.82) is 0 Å². The maximum absolute atomic E-state index is 12.9. The number of aromatic hydroxyl groups is 1. The summed E-state index contributed by atoms with van der Waals surface area (Å²) >= 11 is 4.84. The largest absolute Gasteiger partial charge is 0.507 e. The Bertz CT molecular complexity index is 531.